The van der Waals surface area contributed by atoms with Gasteiger partial charge >= 0.3 is 0 Å². The Kier molecular flexibility index (Phi) is 6.47. The summed E-state index contributed by atoms with van der Waals surface area (Å²) in [6.45, 7) is 1.89. The molecule has 0 saturated carbocycles. The van der Waals surface area contributed by atoms with Crippen LogP contribution in [0.5, 0.6) is 0 Å². The Morgan fingerprint density at radius 3 is 2.10 bits per heavy atom. The van der Waals surface area contributed by atoms with Crippen molar-refractivity contribution in [1.29, 1.82) is 0 Å². The van der Waals surface area contributed by atoms with Crippen LogP contribution in [0, 0.1) is 30.6 Å². The van der Waals surface area contributed by atoms with Crippen LogP contribution in [-0.2, 0) is 10.0 Å². The molecule has 0 bridgehead atoms. The molecule has 1 N–H and O–H groups in total. The lowest BCUT2D eigenvalue weighted by Gasteiger charge is -2.05. The van der Waals surface area contributed by atoms with Gasteiger partial charge in [0.25, 0.3) is 10.0 Å². The van der Waals surface area contributed by atoms with Gasteiger partial charge in [-0.3, -0.25) is 0 Å². The fourth-order valence-corrected chi connectivity index (χ4v) is 3.16. The monoisotopic (exact) mass is 398 g/mol. The van der Waals surface area contributed by atoms with Crippen molar-refractivity contribution in [2.75, 3.05) is 0 Å². The number of sulfonamides is 1. The maximum atomic E-state index is 12.5. The van der Waals surface area contributed by atoms with Crippen LogP contribution in [0.4, 0.5) is 0 Å². The normalized spacial score (nSPS) is 10.9. The molecule has 142 valence electrons. The minimum Gasteiger partial charge on any atom is -0.200 e. The summed E-state index contributed by atoms with van der Waals surface area (Å²) in [5.74, 6) is 11.3. The molecule has 3 aromatic rings. The third kappa shape index (κ3) is 5.84. The van der Waals surface area contributed by atoms with Gasteiger partial charge in [0, 0.05) is 11.1 Å². The van der Waals surface area contributed by atoms with Gasteiger partial charge in [0.05, 0.1) is 4.90 Å². The summed E-state index contributed by atoms with van der Waals surface area (Å²) in [7, 11) is -3.79. The summed E-state index contributed by atoms with van der Waals surface area (Å²) in [5.41, 5.74) is 2.79. The van der Waals surface area contributed by atoms with Gasteiger partial charge in [0.15, 0.2) is 0 Å². The molecule has 0 aliphatic heterocycles. The zero-order valence-corrected chi connectivity index (χ0v) is 16.6. The highest BCUT2D eigenvalue weighted by atomic mass is 32.2. The number of hydrazone groups is 1. The summed E-state index contributed by atoms with van der Waals surface area (Å²) < 4.78 is 25.0. The lowest BCUT2D eigenvalue weighted by Crippen LogP contribution is -2.20. The number of nitrogens with one attached hydrogen (secondary N) is 1. The molecule has 0 fully saturated rings. The van der Waals surface area contributed by atoms with Crippen molar-refractivity contribution in [2.24, 2.45) is 5.10 Å². The Morgan fingerprint density at radius 1 is 0.828 bits per heavy atom. The molecule has 0 unspecified atom stereocenters. The van der Waals surface area contributed by atoms with E-state index < -0.39 is 10.0 Å². The van der Waals surface area contributed by atoms with Crippen LogP contribution >= 0.6 is 0 Å². The molecule has 0 radical (unpaired) electrons. The Morgan fingerprint density at radius 2 is 1.45 bits per heavy atom. The first kappa shape index (κ1) is 19.9. The molecule has 3 rings (SSSR count). The summed E-state index contributed by atoms with van der Waals surface area (Å²) in [6, 6.07) is 25.1. The summed E-state index contributed by atoms with van der Waals surface area (Å²) >= 11 is 0. The first-order chi connectivity index (χ1) is 14.0. The number of hydrogen-bond donors (Lipinski definition) is 1. The Balaban J connectivity index is 1.88. The second kappa shape index (κ2) is 9.41. The van der Waals surface area contributed by atoms with Gasteiger partial charge in [-0.05, 0) is 49.0 Å². The van der Waals surface area contributed by atoms with E-state index in [1.165, 1.54) is 12.1 Å². The lowest BCUT2D eigenvalue weighted by atomic mass is 10.1. The van der Waals surface area contributed by atoms with Crippen LogP contribution in [0.25, 0.3) is 0 Å². The summed E-state index contributed by atoms with van der Waals surface area (Å²) in [6.07, 6.45) is 0. The Bertz CT molecular complexity index is 1220. The van der Waals surface area contributed by atoms with E-state index in [0.717, 1.165) is 11.1 Å². The van der Waals surface area contributed by atoms with Crippen LogP contribution in [0.1, 0.15) is 16.7 Å². The molecule has 29 heavy (non-hydrogen) atoms. The summed E-state index contributed by atoms with van der Waals surface area (Å²) in [5, 5.41) is 4.05. The zero-order chi connectivity index (χ0) is 20.5. The average Bonchev–Trinajstić information content (AvgIpc) is 2.75. The average molecular weight is 398 g/mol. The van der Waals surface area contributed by atoms with Crippen LogP contribution in [0.2, 0.25) is 0 Å². The predicted molar refractivity (Wildman–Crippen MR) is 116 cm³/mol. The van der Waals surface area contributed by atoms with E-state index in [2.05, 4.69) is 33.6 Å². The second-order valence-corrected chi connectivity index (χ2v) is 7.76. The number of nitrogens with zero attached hydrogens (tertiary/aromatic N) is 1. The van der Waals surface area contributed by atoms with Gasteiger partial charge in [-0.15, -0.1) is 0 Å². The van der Waals surface area contributed by atoms with Gasteiger partial charge in [0.1, 0.15) is 5.71 Å². The highest BCUT2D eigenvalue weighted by Gasteiger charge is 2.13. The Labute approximate surface area is 171 Å². The molecule has 0 spiro atoms. The predicted octanol–water partition coefficient (Wildman–Crippen LogP) is 3.73. The Hall–Kier alpha value is -3.80. The van der Waals surface area contributed by atoms with E-state index in [9.17, 15) is 8.42 Å². The minimum atomic E-state index is -3.79. The topological polar surface area (TPSA) is 58.5 Å². The number of rotatable bonds is 4. The quantitative estimate of drug-likeness (QED) is 0.414. The fourth-order valence-electron chi connectivity index (χ4n) is 2.35. The molecular formula is C24H18N2O2S. The molecule has 0 aliphatic carbocycles. The smallest absolute Gasteiger partial charge is 0.200 e. The number of aryl methyl sites for hydroxylation is 1. The molecule has 3 aromatic carbocycles. The van der Waals surface area contributed by atoms with Crippen molar-refractivity contribution in [3.8, 4) is 23.7 Å². The van der Waals surface area contributed by atoms with E-state index in [0.29, 0.717) is 5.56 Å². The van der Waals surface area contributed by atoms with E-state index in [4.69, 9.17) is 0 Å². The van der Waals surface area contributed by atoms with E-state index in [1.54, 1.807) is 24.3 Å². The van der Waals surface area contributed by atoms with Crippen molar-refractivity contribution in [3.05, 3.63) is 102 Å². The second-order valence-electron chi connectivity index (χ2n) is 6.10. The molecule has 5 heteroatoms. The van der Waals surface area contributed by atoms with Crippen LogP contribution < -0.4 is 4.83 Å². The molecular weight excluding hydrogens is 380 g/mol. The number of benzene rings is 3. The third-order valence-electron chi connectivity index (χ3n) is 3.88. The molecule has 0 amide bonds. The van der Waals surface area contributed by atoms with E-state index in [-0.39, 0.29) is 10.6 Å². The maximum absolute atomic E-state index is 12.5. The highest BCUT2D eigenvalue weighted by molar-refractivity contribution is 7.89. The van der Waals surface area contributed by atoms with Crippen molar-refractivity contribution in [1.82, 2.24) is 4.83 Å². The fraction of sp³-hybridized carbons (Fsp3) is 0.0417. The van der Waals surface area contributed by atoms with Gasteiger partial charge in [-0.25, -0.2) is 0 Å². The standard InChI is InChI=1S/C24H18N2O2S/c1-20-16-18-23(19-17-20)29(27,28)26-25-24(22-13-6-3-7-14-22)15-9-8-12-21-10-4-2-5-11-21/h2-7,10-11,13-14,16-19,26H,1H3/b25-24-. The first-order valence-corrected chi connectivity index (χ1v) is 10.3. The van der Waals surface area contributed by atoms with Crippen LogP contribution in [-0.4, -0.2) is 14.1 Å². The highest BCUT2D eigenvalue weighted by Crippen LogP contribution is 2.10. The van der Waals surface area contributed by atoms with E-state index >= 15 is 0 Å². The van der Waals surface area contributed by atoms with Crippen molar-refractivity contribution < 1.29 is 8.42 Å². The van der Waals surface area contributed by atoms with Crippen molar-refractivity contribution in [3.63, 3.8) is 0 Å². The van der Waals surface area contributed by atoms with E-state index in [1.807, 2.05) is 55.5 Å². The van der Waals surface area contributed by atoms with Crippen LogP contribution in [0.3, 0.4) is 0 Å². The molecule has 0 aromatic heterocycles. The number of hydrogen-bond acceptors (Lipinski definition) is 3. The van der Waals surface area contributed by atoms with Gasteiger partial charge in [-0.2, -0.15) is 18.4 Å². The van der Waals surface area contributed by atoms with Crippen LogP contribution in [0.15, 0.2) is 94.9 Å². The van der Waals surface area contributed by atoms with Gasteiger partial charge < -0.3 is 0 Å². The van der Waals surface area contributed by atoms with Crippen molar-refractivity contribution >= 4 is 15.7 Å². The molecule has 0 saturated heterocycles. The molecule has 0 heterocycles. The molecule has 0 atom stereocenters. The van der Waals surface area contributed by atoms with Gasteiger partial charge in [-0.1, -0.05) is 72.1 Å². The van der Waals surface area contributed by atoms with Crippen molar-refractivity contribution in [2.45, 2.75) is 11.8 Å². The largest absolute Gasteiger partial charge is 0.276 e. The molecule has 4 nitrogen and oxygen atoms in total. The minimum absolute atomic E-state index is 0.135. The third-order valence-corrected chi connectivity index (χ3v) is 5.10. The first-order valence-electron chi connectivity index (χ1n) is 8.83. The summed E-state index contributed by atoms with van der Waals surface area (Å²) in [4.78, 5) is 2.40. The SMILES string of the molecule is Cc1ccc(S(=O)(=O)N/N=C(/C#CC#Cc2ccccc2)c2ccccc2)cc1. The van der Waals surface area contributed by atoms with Gasteiger partial charge in [0.2, 0.25) is 0 Å². The lowest BCUT2D eigenvalue weighted by molar-refractivity contribution is 0.584. The molecule has 0 aliphatic rings. The zero-order valence-electron chi connectivity index (χ0n) is 15.8. The maximum Gasteiger partial charge on any atom is 0.276 e.